The number of carbonyl (C=O) groups excluding carboxylic acids is 1. The molecule has 0 saturated carbocycles. The highest BCUT2D eigenvalue weighted by molar-refractivity contribution is 7.13. The van der Waals surface area contributed by atoms with Gasteiger partial charge in [-0.25, -0.2) is 0 Å². The number of nitrogens with zero attached hydrogens (tertiary/aromatic N) is 3. The van der Waals surface area contributed by atoms with E-state index < -0.39 is 0 Å². The van der Waals surface area contributed by atoms with Gasteiger partial charge in [0.25, 0.3) is 5.89 Å². The Morgan fingerprint density at radius 1 is 1.56 bits per heavy atom. The molecule has 3 heterocycles. The summed E-state index contributed by atoms with van der Waals surface area (Å²) in [7, 11) is 0. The molecule has 94 valence electrons. The highest BCUT2D eigenvalue weighted by atomic mass is 35.5. The van der Waals surface area contributed by atoms with E-state index in [9.17, 15) is 4.79 Å². The van der Waals surface area contributed by atoms with E-state index in [1.54, 1.807) is 0 Å². The minimum atomic E-state index is -0.184. The average Bonchev–Trinajstić information content (AvgIpc) is 2.98. The molecule has 0 N–H and O–H groups in total. The van der Waals surface area contributed by atoms with Crippen molar-refractivity contribution in [1.82, 2.24) is 10.2 Å². The lowest BCUT2D eigenvalue weighted by Crippen LogP contribution is -2.24. The Balaban J connectivity index is 1.91. The van der Waals surface area contributed by atoms with Crippen molar-refractivity contribution in [3.63, 3.8) is 0 Å². The Morgan fingerprint density at radius 3 is 3.00 bits per heavy atom. The number of hydrogen-bond acceptors (Lipinski definition) is 5. The van der Waals surface area contributed by atoms with Crippen LogP contribution in [-0.2, 0) is 4.79 Å². The van der Waals surface area contributed by atoms with Gasteiger partial charge in [-0.3, -0.25) is 9.69 Å². The number of rotatable bonds is 2. The van der Waals surface area contributed by atoms with E-state index in [0.29, 0.717) is 18.9 Å². The van der Waals surface area contributed by atoms with Gasteiger partial charge in [-0.05, 0) is 23.9 Å². The molecule has 3 rings (SSSR count). The summed E-state index contributed by atoms with van der Waals surface area (Å²) in [4.78, 5) is 14.0. The zero-order valence-electron chi connectivity index (χ0n) is 9.59. The van der Waals surface area contributed by atoms with Gasteiger partial charge in [0.15, 0.2) is 0 Å². The first kappa shape index (κ1) is 11.7. The molecular weight excluding hydrogens is 274 g/mol. The molecular formula is C11H10ClN3O2S. The van der Waals surface area contributed by atoms with Crippen molar-refractivity contribution in [3.05, 3.63) is 17.0 Å². The van der Waals surface area contributed by atoms with Crippen LogP contribution in [0.2, 0.25) is 0 Å². The summed E-state index contributed by atoms with van der Waals surface area (Å²) in [6.07, 6.45) is 0.317. The highest BCUT2D eigenvalue weighted by Crippen LogP contribution is 2.31. The third-order valence-electron chi connectivity index (χ3n) is 2.78. The topological polar surface area (TPSA) is 59.2 Å². The number of anilines is 1. The Kier molecular flexibility index (Phi) is 2.83. The van der Waals surface area contributed by atoms with Crippen molar-refractivity contribution in [2.75, 3.05) is 11.4 Å². The fourth-order valence-electron chi connectivity index (χ4n) is 1.86. The Hall–Kier alpha value is -1.40. The Morgan fingerprint density at radius 2 is 2.39 bits per heavy atom. The highest BCUT2D eigenvalue weighted by Gasteiger charge is 2.32. The summed E-state index contributed by atoms with van der Waals surface area (Å²) in [5.74, 6) is 0.372. The second-order valence-corrected chi connectivity index (χ2v) is 5.66. The van der Waals surface area contributed by atoms with E-state index in [0.717, 1.165) is 10.4 Å². The maximum atomic E-state index is 11.7. The van der Waals surface area contributed by atoms with Crippen molar-refractivity contribution in [2.45, 2.75) is 18.7 Å². The van der Waals surface area contributed by atoms with Gasteiger partial charge in [-0.15, -0.1) is 28.0 Å². The molecule has 1 atom stereocenters. The van der Waals surface area contributed by atoms with E-state index in [2.05, 4.69) is 10.2 Å². The zero-order valence-corrected chi connectivity index (χ0v) is 11.2. The summed E-state index contributed by atoms with van der Waals surface area (Å²) in [6, 6.07) is 2.21. The van der Waals surface area contributed by atoms with Crippen LogP contribution in [-0.4, -0.2) is 28.0 Å². The van der Waals surface area contributed by atoms with E-state index in [-0.39, 0.29) is 17.3 Å². The summed E-state index contributed by atoms with van der Waals surface area (Å²) >= 11 is 7.47. The van der Waals surface area contributed by atoms with Gasteiger partial charge in [0.1, 0.15) is 0 Å². The fourth-order valence-corrected chi connectivity index (χ4v) is 2.97. The lowest BCUT2D eigenvalue weighted by Gasteiger charge is -2.08. The fraction of sp³-hybridized carbons (Fsp3) is 0.364. The van der Waals surface area contributed by atoms with Crippen LogP contribution in [0.15, 0.2) is 15.9 Å². The molecule has 7 heteroatoms. The molecule has 0 spiro atoms. The number of aryl methyl sites for hydroxylation is 1. The number of amides is 1. The zero-order chi connectivity index (χ0) is 12.7. The molecule has 2 aromatic rings. The van der Waals surface area contributed by atoms with Gasteiger partial charge in [0, 0.05) is 13.0 Å². The SMILES string of the molecule is Cc1ccsc1-c1nnc(N2CC(Cl)CC2=O)o1. The molecule has 0 aromatic carbocycles. The molecule has 0 aliphatic carbocycles. The molecule has 1 aliphatic heterocycles. The number of alkyl halides is 1. The van der Waals surface area contributed by atoms with Crippen LogP contribution in [0.5, 0.6) is 0 Å². The van der Waals surface area contributed by atoms with Crippen LogP contribution >= 0.6 is 22.9 Å². The van der Waals surface area contributed by atoms with Crippen LogP contribution in [0, 0.1) is 6.92 Å². The molecule has 0 bridgehead atoms. The molecule has 1 unspecified atom stereocenters. The molecule has 0 radical (unpaired) electrons. The lowest BCUT2D eigenvalue weighted by molar-refractivity contribution is -0.117. The average molecular weight is 284 g/mol. The summed E-state index contributed by atoms with van der Waals surface area (Å²) in [6.45, 7) is 2.40. The van der Waals surface area contributed by atoms with Crippen molar-refractivity contribution in [1.29, 1.82) is 0 Å². The second kappa shape index (κ2) is 4.37. The smallest absolute Gasteiger partial charge is 0.325 e. The van der Waals surface area contributed by atoms with E-state index in [1.807, 2.05) is 18.4 Å². The molecule has 2 aromatic heterocycles. The van der Waals surface area contributed by atoms with Gasteiger partial charge in [-0.1, -0.05) is 5.10 Å². The van der Waals surface area contributed by atoms with Crippen molar-refractivity contribution >= 4 is 34.9 Å². The number of halogens is 1. The molecule has 18 heavy (non-hydrogen) atoms. The molecule has 5 nitrogen and oxygen atoms in total. The minimum Gasteiger partial charge on any atom is -0.402 e. The van der Waals surface area contributed by atoms with Crippen LogP contribution < -0.4 is 4.90 Å². The number of aromatic nitrogens is 2. The monoisotopic (exact) mass is 283 g/mol. The third kappa shape index (κ3) is 1.91. The summed E-state index contributed by atoms with van der Waals surface area (Å²) < 4.78 is 5.55. The normalized spacial score (nSPS) is 19.8. The van der Waals surface area contributed by atoms with Crippen molar-refractivity contribution in [2.24, 2.45) is 0 Å². The van der Waals surface area contributed by atoms with Gasteiger partial charge in [-0.2, -0.15) is 0 Å². The number of hydrogen-bond donors (Lipinski definition) is 0. The third-order valence-corrected chi connectivity index (χ3v) is 4.08. The first-order valence-corrected chi connectivity index (χ1v) is 6.79. The summed E-state index contributed by atoms with van der Waals surface area (Å²) in [5, 5.41) is 9.68. The Bertz CT molecular complexity index is 595. The maximum absolute atomic E-state index is 11.7. The molecule has 1 fully saturated rings. The van der Waals surface area contributed by atoms with Crippen LogP contribution in [0.4, 0.5) is 6.01 Å². The quantitative estimate of drug-likeness (QED) is 0.795. The first-order chi connectivity index (χ1) is 8.65. The number of carbonyl (C=O) groups is 1. The van der Waals surface area contributed by atoms with E-state index >= 15 is 0 Å². The molecule has 1 saturated heterocycles. The largest absolute Gasteiger partial charge is 0.402 e. The molecule has 1 amide bonds. The molecule has 1 aliphatic rings. The van der Waals surface area contributed by atoms with Crippen LogP contribution in [0.3, 0.4) is 0 Å². The van der Waals surface area contributed by atoms with Gasteiger partial charge >= 0.3 is 6.01 Å². The van der Waals surface area contributed by atoms with E-state index in [1.165, 1.54) is 16.2 Å². The second-order valence-electron chi connectivity index (χ2n) is 4.13. The van der Waals surface area contributed by atoms with Crippen molar-refractivity contribution in [3.8, 4) is 10.8 Å². The van der Waals surface area contributed by atoms with Crippen LogP contribution in [0.25, 0.3) is 10.8 Å². The van der Waals surface area contributed by atoms with Gasteiger partial charge in [0.2, 0.25) is 5.91 Å². The van der Waals surface area contributed by atoms with Gasteiger partial charge in [0.05, 0.1) is 10.3 Å². The predicted molar refractivity (Wildman–Crippen MR) is 69.0 cm³/mol. The standard InChI is InChI=1S/C11H10ClN3O2S/c1-6-2-3-18-9(6)10-13-14-11(17-10)15-5-7(12)4-8(15)16/h2-3,7H,4-5H2,1H3. The Labute approximate surface area is 112 Å². The minimum absolute atomic E-state index is 0.0758. The maximum Gasteiger partial charge on any atom is 0.325 e. The van der Waals surface area contributed by atoms with E-state index in [4.69, 9.17) is 16.0 Å². The van der Waals surface area contributed by atoms with Gasteiger partial charge < -0.3 is 4.42 Å². The van der Waals surface area contributed by atoms with Crippen LogP contribution in [0.1, 0.15) is 12.0 Å². The number of thiophene rings is 1. The first-order valence-electron chi connectivity index (χ1n) is 5.47. The summed E-state index contributed by atoms with van der Waals surface area (Å²) in [5.41, 5.74) is 1.08. The predicted octanol–water partition coefficient (Wildman–Crippen LogP) is 2.45. The van der Waals surface area contributed by atoms with Crippen molar-refractivity contribution < 1.29 is 9.21 Å². The lowest BCUT2D eigenvalue weighted by atomic mass is 10.3.